The van der Waals surface area contributed by atoms with Crippen molar-refractivity contribution >= 4 is 22.8 Å². The molecule has 11 heteroatoms. The molecule has 8 nitrogen and oxygen atoms in total. The zero-order valence-electron chi connectivity index (χ0n) is 16.0. The second-order valence-corrected chi connectivity index (χ2v) is 6.45. The molecule has 0 spiro atoms. The summed E-state index contributed by atoms with van der Waals surface area (Å²) in [6.07, 6.45) is -1.58. The molecular formula is C20H15F3N6O2. The number of para-hydroxylation sites is 1. The Labute approximate surface area is 173 Å². The van der Waals surface area contributed by atoms with Gasteiger partial charge in [-0.3, -0.25) is 4.79 Å². The molecule has 1 aromatic carbocycles. The molecule has 0 aliphatic rings. The number of halogens is 3. The number of fused-ring (bicyclic) bond motifs is 1. The lowest BCUT2D eigenvalue weighted by Crippen LogP contribution is -2.30. The molecule has 0 bridgehead atoms. The van der Waals surface area contributed by atoms with Crippen LogP contribution in [0.4, 0.5) is 19.0 Å². The van der Waals surface area contributed by atoms with Crippen LogP contribution < -0.4 is 10.1 Å². The van der Waals surface area contributed by atoms with Gasteiger partial charge < -0.3 is 10.1 Å². The number of amides is 1. The lowest BCUT2D eigenvalue weighted by atomic mass is 10.1. The first-order valence-electron chi connectivity index (χ1n) is 9.08. The van der Waals surface area contributed by atoms with Crippen LogP contribution in [0.15, 0.2) is 61.2 Å². The number of ether oxygens (including phenoxy) is 1. The minimum absolute atomic E-state index is 0.0180. The van der Waals surface area contributed by atoms with Crippen molar-refractivity contribution in [1.29, 1.82) is 0 Å². The molecular weight excluding hydrogens is 413 g/mol. The summed E-state index contributed by atoms with van der Waals surface area (Å²) >= 11 is 0. The Kier molecular flexibility index (Phi) is 5.24. The van der Waals surface area contributed by atoms with E-state index < -0.39 is 23.8 Å². The van der Waals surface area contributed by atoms with Crippen molar-refractivity contribution in [3.63, 3.8) is 0 Å². The van der Waals surface area contributed by atoms with Crippen LogP contribution in [0.3, 0.4) is 0 Å². The van der Waals surface area contributed by atoms with E-state index in [-0.39, 0.29) is 22.6 Å². The summed E-state index contributed by atoms with van der Waals surface area (Å²) in [6.45, 7) is 1.51. The van der Waals surface area contributed by atoms with Crippen LogP contribution in [-0.4, -0.2) is 36.7 Å². The molecule has 3 aromatic heterocycles. The molecule has 0 aliphatic heterocycles. The number of aromatic nitrogens is 5. The summed E-state index contributed by atoms with van der Waals surface area (Å²) in [5, 5.41) is 6.91. The largest absolute Gasteiger partial charge is 0.464 e. The quantitative estimate of drug-likeness (QED) is 0.522. The SMILES string of the molecule is CC(Oc1ncnc2c1cnn2-c1ccccc1C(F)(F)F)C(=O)Nc1ccccn1. The lowest BCUT2D eigenvalue weighted by Gasteiger charge is -2.14. The summed E-state index contributed by atoms with van der Waals surface area (Å²) < 4.78 is 46.9. The number of hydrogen-bond acceptors (Lipinski definition) is 6. The van der Waals surface area contributed by atoms with Gasteiger partial charge in [0.25, 0.3) is 5.91 Å². The second-order valence-electron chi connectivity index (χ2n) is 6.45. The van der Waals surface area contributed by atoms with Gasteiger partial charge in [0, 0.05) is 6.20 Å². The van der Waals surface area contributed by atoms with Crippen molar-refractivity contribution in [3.05, 3.63) is 66.7 Å². The number of nitrogens with zero attached hydrogens (tertiary/aromatic N) is 5. The zero-order chi connectivity index (χ0) is 22.0. The van der Waals surface area contributed by atoms with Gasteiger partial charge in [-0.15, -0.1) is 0 Å². The first-order valence-corrected chi connectivity index (χ1v) is 9.08. The first kappa shape index (κ1) is 20.3. The smallest absolute Gasteiger partial charge is 0.418 e. The summed E-state index contributed by atoms with van der Waals surface area (Å²) in [5.41, 5.74) is -0.932. The third kappa shape index (κ3) is 4.15. The molecule has 0 aliphatic carbocycles. The van der Waals surface area contributed by atoms with Crippen LogP contribution in [0, 0.1) is 0 Å². The highest BCUT2D eigenvalue weighted by Gasteiger charge is 2.34. The number of nitrogens with one attached hydrogen (secondary N) is 1. The first-order chi connectivity index (χ1) is 14.8. The van der Waals surface area contributed by atoms with Gasteiger partial charge in [-0.1, -0.05) is 18.2 Å². The third-order valence-electron chi connectivity index (χ3n) is 4.34. The van der Waals surface area contributed by atoms with E-state index in [0.29, 0.717) is 5.82 Å². The number of benzene rings is 1. The average Bonchev–Trinajstić information content (AvgIpc) is 3.19. The summed E-state index contributed by atoms with van der Waals surface area (Å²) in [4.78, 5) is 24.4. The van der Waals surface area contributed by atoms with Gasteiger partial charge in [0.15, 0.2) is 11.8 Å². The standard InChI is InChI=1S/C20H15F3N6O2/c1-12(18(30)28-16-8-4-5-9-24-16)31-19-13-10-27-29(17(13)25-11-26-19)15-7-3-2-6-14(15)20(21,22)23/h2-12H,1H3,(H,24,28,30). The van der Waals surface area contributed by atoms with Crippen LogP contribution in [0.25, 0.3) is 16.7 Å². The maximum Gasteiger partial charge on any atom is 0.418 e. The molecule has 0 radical (unpaired) electrons. The summed E-state index contributed by atoms with van der Waals surface area (Å²) in [6, 6.07) is 10.1. The molecule has 4 rings (SSSR count). The van der Waals surface area contributed by atoms with Gasteiger partial charge in [0.1, 0.15) is 17.5 Å². The lowest BCUT2D eigenvalue weighted by molar-refractivity contribution is -0.137. The molecule has 31 heavy (non-hydrogen) atoms. The van der Waals surface area contributed by atoms with E-state index in [1.807, 2.05) is 0 Å². The molecule has 0 saturated heterocycles. The van der Waals surface area contributed by atoms with Crippen LogP contribution >= 0.6 is 0 Å². The third-order valence-corrected chi connectivity index (χ3v) is 4.34. The van der Waals surface area contributed by atoms with E-state index in [4.69, 9.17) is 4.74 Å². The Morgan fingerprint density at radius 3 is 2.61 bits per heavy atom. The Morgan fingerprint density at radius 1 is 1.10 bits per heavy atom. The average molecular weight is 428 g/mol. The highest BCUT2D eigenvalue weighted by Crippen LogP contribution is 2.35. The predicted molar refractivity (Wildman–Crippen MR) is 105 cm³/mol. The van der Waals surface area contributed by atoms with Gasteiger partial charge in [0.05, 0.1) is 17.4 Å². The molecule has 4 aromatic rings. The van der Waals surface area contributed by atoms with E-state index in [1.54, 1.807) is 18.2 Å². The van der Waals surface area contributed by atoms with E-state index in [1.165, 1.54) is 37.5 Å². The van der Waals surface area contributed by atoms with Crippen molar-refractivity contribution in [2.24, 2.45) is 0 Å². The van der Waals surface area contributed by atoms with Crippen LogP contribution in [0.5, 0.6) is 5.88 Å². The maximum absolute atomic E-state index is 13.4. The van der Waals surface area contributed by atoms with Crippen molar-refractivity contribution in [3.8, 4) is 11.6 Å². The maximum atomic E-state index is 13.4. The van der Waals surface area contributed by atoms with Gasteiger partial charge in [0.2, 0.25) is 5.88 Å². The fourth-order valence-corrected chi connectivity index (χ4v) is 2.88. The molecule has 1 amide bonds. The molecule has 0 saturated carbocycles. The molecule has 1 N–H and O–H groups in total. The van der Waals surface area contributed by atoms with E-state index in [2.05, 4.69) is 25.4 Å². The fourth-order valence-electron chi connectivity index (χ4n) is 2.88. The van der Waals surface area contributed by atoms with Gasteiger partial charge >= 0.3 is 6.18 Å². The minimum Gasteiger partial charge on any atom is -0.464 e. The van der Waals surface area contributed by atoms with Crippen molar-refractivity contribution < 1.29 is 22.7 Å². The summed E-state index contributed by atoms with van der Waals surface area (Å²) in [5.74, 6) is -0.1000. The zero-order valence-corrected chi connectivity index (χ0v) is 16.0. The van der Waals surface area contributed by atoms with Crippen LogP contribution in [-0.2, 0) is 11.0 Å². The Hall–Kier alpha value is -4.02. The molecule has 1 atom stereocenters. The Balaban J connectivity index is 1.64. The molecule has 1 unspecified atom stereocenters. The minimum atomic E-state index is -4.57. The highest BCUT2D eigenvalue weighted by atomic mass is 19.4. The van der Waals surface area contributed by atoms with E-state index in [9.17, 15) is 18.0 Å². The second kappa shape index (κ2) is 8.01. The van der Waals surface area contributed by atoms with Crippen LogP contribution in [0.2, 0.25) is 0 Å². The highest BCUT2D eigenvalue weighted by molar-refractivity contribution is 5.93. The van der Waals surface area contributed by atoms with Crippen molar-refractivity contribution in [2.75, 3.05) is 5.32 Å². The number of carbonyl (C=O) groups excluding carboxylic acids is 1. The molecule has 0 fully saturated rings. The van der Waals surface area contributed by atoms with E-state index in [0.717, 1.165) is 17.1 Å². The molecule has 3 heterocycles. The number of alkyl halides is 3. The van der Waals surface area contributed by atoms with Crippen molar-refractivity contribution in [1.82, 2.24) is 24.7 Å². The number of anilines is 1. The fraction of sp³-hybridized carbons (Fsp3) is 0.150. The predicted octanol–water partition coefficient (Wildman–Crippen LogP) is 3.64. The number of pyridine rings is 1. The Morgan fingerprint density at radius 2 is 1.87 bits per heavy atom. The van der Waals surface area contributed by atoms with E-state index >= 15 is 0 Å². The van der Waals surface area contributed by atoms with Crippen LogP contribution in [0.1, 0.15) is 12.5 Å². The summed E-state index contributed by atoms with van der Waals surface area (Å²) in [7, 11) is 0. The monoisotopic (exact) mass is 428 g/mol. The Bertz CT molecular complexity index is 1230. The van der Waals surface area contributed by atoms with Gasteiger partial charge in [-0.25, -0.2) is 19.6 Å². The topological polar surface area (TPSA) is 94.8 Å². The van der Waals surface area contributed by atoms with Gasteiger partial charge in [-0.05, 0) is 31.2 Å². The normalized spacial score (nSPS) is 12.5. The van der Waals surface area contributed by atoms with Gasteiger partial charge in [-0.2, -0.15) is 18.3 Å². The number of hydrogen-bond donors (Lipinski definition) is 1. The number of rotatable bonds is 5. The molecule has 158 valence electrons. The number of carbonyl (C=O) groups is 1. The van der Waals surface area contributed by atoms with Crippen molar-refractivity contribution in [2.45, 2.75) is 19.2 Å².